The maximum absolute atomic E-state index is 13.7. The van der Waals surface area contributed by atoms with Crippen molar-refractivity contribution < 1.29 is 9.53 Å². The van der Waals surface area contributed by atoms with Gasteiger partial charge in [-0.25, -0.2) is 4.68 Å². The van der Waals surface area contributed by atoms with E-state index in [-0.39, 0.29) is 5.91 Å². The molecule has 6 nitrogen and oxygen atoms in total. The molecule has 0 saturated carbocycles. The number of rotatable bonds is 5. The number of carbonyl (C=O) groups excluding carboxylic acids is 1. The Morgan fingerprint density at radius 2 is 1.63 bits per heavy atom. The number of methoxy groups -OCH3 is 1. The van der Waals surface area contributed by atoms with Gasteiger partial charge >= 0.3 is 0 Å². The van der Waals surface area contributed by atoms with Gasteiger partial charge < -0.3 is 14.5 Å². The maximum atomic E-state index is 13.7. The van der Waals surface area contributed by atoms with Crippen molar-refractivity contribution >= 4 is 34.8 Å². The number of aromatic nitrogens is 2. The summed E-state index contributed by atoms with van der Waals surface area (Å²) in [7, 11) is 1.67. The van der Waals surface area contributed by atoms with Gasteiger partial charge in [-0.3, -0.25) is 4.79 Å². The number of anilines is 1. The highest BCUT2D eigenvalue weighted by Crippen LogP contribution is 2.31. The van der Waals surface area contributed by atoms with E-state index in [4.69, 9.17) is 33.0 Å². The number of benzene rings is 3. The standard InChI is InChI=1S/C27H24Cl2N4O2/c1-35-26-12-5-4-11-24(26)31-13-15-32(16-14-31)27(34)25-18-23(21-9-2-3-10-22(21)29)30-33(25)20-8-6-7-19(28)17-20/h2-12,17-18H,13-16H2,1H3. The fourth-order valence-corrected chi connectivity index (χ4v) is 4.76. The lowest BCUT2D eigenvalue weighted by atomic mass is 10.1. The number of ether oxygens (including phenoxy) is 1. The van der Waals surface area contributed by atoms with E-state index in [0.717, 1.165) is 17.0 Å². The molecule has 0 unspecified atom stereocenters. The number of halogens is 2. The van der Waals surface area contributed by atoms with Crippen molar-refractivity contribution in [1.82, 2.24) is 14.7 Å². The Kier molecular flexibility index (Phi) is 6.66. The van der Waals surface area contributed by atoms with Crippen LogP contribution in [-0.4, -0.2) is 53.9 Å². The average molecular weight is 507 g/mol. The molecular weight excluding hydrogens is 483 g/mol. The maximum Gasteiger partial charge on any atom is 0.272 e. The zero-order valence-electron chi connectivity index (χ0n) is 19.2. The van der Waals surface area contributed by atoms with Gasteiger partial charge in [-0.2, -0.15) is 5.10 Å². The molecule has 4 aromatic rings. The van der Waals surface area contributed by atoms with Crippen LogP contribution in [0.2, 0.25) is 10.0 Å². The molecule has 35 heavy (non-hydrogen) atoms. The van der Waals surface area contributed by atoms with Crippen LogP contribution in [0.1, 0.15) is 10.5 Å². The summed E-state index contributed by atoms with van der Waals surface area (Å²) >= 11 is 12.7. The lowest BCUT2D eigenvalue weighted by Gasteiger charge is -2.36. The van der Waals surface area contributed by atoms with Gasteiger partial charge in [0.25, 0.3) is 5.91 Å². The largest absolute Gasteiger partial charge is 0.495 e. The Hall–Kier alpha value is -3.48. The Bertz CT molecular complexity index is 1360. The van der Waals surface area contributed by atoms with E-state index in [1.165, 1.54) is 0 Å². The van der Waals surface area contributed by atoms with Crippen LogP contribution in [0, 0.1) is 0 Å². The van der Waals surface area contributed by atoms with Crippen molar-refractivity contribution in [3.05, 3.63) is 94.6 Å². The summed E-state index contributed by atoms with van der Waals surface area (Å²) in [4.78, 5) is 17.8. The highest BCUT2D eigenvalue weighted by Gasteiger charge is 2.27. The van der Waals surface area contributed by atoms with Crippen molar-refractivity contribution in [2.45, 2.75) is 0 Å². The third-order valence-corrected chi connectivity index (χ3v) is 6.69. The Morgan fingerprint density at radius 3 is 2.37 bits per heavy atom. The number of piperazine rings is 1. The fourth-order valence-electron chi connectivity index (χ4n) is 4.34. The van der Waals surface area contributed by atoms with Crippen LogP contribution in [0.3, 0.4) is 0 Å². The Balaban J connectivity index is 1.45. The quantitative estimate of drug-likeness (QED) is 0.342. The molecule has 5 rings (SSSR count). The lowest BCUT2D eigenvalue weighted by Crippen LogP contribution is -2.49. The zero-order chi connectivity index (χ0) is 24.4. The number of amides is 1. The third kappa shape index (κ3) is 4.72. The zero-order valence-corrected chi connectivity index (χ0v) is 20.7. The highest BCUT2D eigenvalue weighted by molar-refractivity contribution is 6.33. The lowest BCUT2D eigenvalue weighted by molar-refractivity contribution is 0.0737. The van der Waals surface area contributed by atoms with Crippen LogP contribution in [0.4, 0.5) is 5.69 Å². The monoisotopic (exact) mass is 506 g/mol. The summed E-state index contributed by atoms with van der Waals surface area (Å²) in [5.74, 6) is 0.742. The second-order valence-electron chi connectivity index (χ2n) is 8.24. The first-order valence-corrected chi connectivity index (χ1v) is 12.1. The first-order valence-electron chi connectivity index (χ1n) is 11.3. The van der Waals surface area contributed by atoms with Crippen LogP contribution >= 0.6 is 23.2 Å². The molecule has 0 spiro atoms. The van der Waals surface area contributed by atoms with E-state index in [2.05, 4.69) is 4.90 Å². The minimum absolute atomic E-state index is 0.0875. The third-order valence-electron chi connectivity index (χ3n) is 6.12. The van der Waals surface area contributed by atoms with Crippen LogP contribution in [0.25, 0.3) is 16.9 Å². The summed E-state index contributed by atoms with van der Waals surface area (Å²) in [6.45, 7) is 2.57. The molecule has 0 N–H and O–H groups in total. The van der Waals surface area contributed by atoms with Crippen molar-refractivity contribution in [3.8, 4) is 22.7 Å². The number of carbonyl (C=O) groups is 1. The van der Waals surface area contributed by atoms with Crippen molar-refractivity contribution in [3.63, 3.8) is 0 Å². The Labute approximate surface area is 214 Å². The van der Waals surface area contributed by atoms with Crippen LogP contribution < -0.4 is 9.64 Å². The molecule has 0 atom stereocenters. The van der Waals surface area contributed by atoms with Crippen LogP contribution in [0.5, 0.6) is 5.75 Å². The van der Waals surface area contributed by atoms with E-state index in [0.29, 0.717) is 53.3 Å². The molecule has 3 aromatic carbocycles. The topological polar surface area (TPSA) is 50.6 Å². The number of hydrogen-bond donors (Lipinski definition) is 0. The summed E-state index contributed by atoms with van der Waals surface area (Å²) < 4.78 is 7.17. The summed E-state index contributed by atoms with van der Waals surface area (Å²) in [6.07, 6.45) is 0. The number of nitrogens with zero attached hydrogens (tertiary/aromatic N) is 4. The fraction of sp³-hybridized carbons (Fsp3) is 0.185. The normalized spacial score (nSPS) is 13.7. The molecule has 0 aliphatic carbocycles. The molecule has 1 aliphatic rings. The SMILES string of the molecule is COc1ccccc1N1CCN(C(=O)c2cc(-c3ccccc3Cl)nn2-c2cccc(Cl)c2)CC1. The minimum Gasteiger partial charge on any atom is -0.495 e. The molecule has 1 saturated heterocycles. The van der Waals surface area contributed by atoms with Crippen LogP contribution in [-0.2, 0) is 0 Å². The molecule has 8 heteroatoms. The molecule has 1 aromatic heterocycles. The molecule has 1 aliphatic heterocycles. The summed E-state index contributed by atoms with van der Waals surface area (Å²) in [5.41, 5.74) is 3.61. The van der Waals surface area contributed by atoms with Gasteiger partial charge in [-0.05, 0) is 42.5 Å². The van der Waals surface area contributed by atoms with Gasteiger partial charge in [0.05, 0.1) is 29.2 Å². The summed E-state index contributed by atoms with van der Waals surface area (Å²) in [6, 6.07) is 24.5. The number of hydrogen-bond acceptors (Lipinski definition) is 4. The average Bonchev–Trinajstić information content (AvgIpc) is 3.34. The van der Waals surface area contributed by atoms with Gasteiger partial charge in [-0.15, -0.1) is 0 Å². The minimum atomic E-state index is -0.0875. The van der Waals surface area contributed by atoms with Crippen LogP contribution in [0.15, 0.2) is 78.9 Å². The molecule has 178 valence electrons. The molecule has 0 bridgehead atoms. The molecular formula is C27H24Cl2N4O2. The predicted octanol–water partition coefficient (Wildman–Crippen LogP) is 5.82. The van der Waals surface area contributed by atoms with Crippen molar-refractivity contribution in [2.75, 3.05) is 38.2 Å². The first kappa shape index (κ1) is 23.3. The van der Waals surface area contributed by atoms with Gasteiger partial charge in [-0.1, -0.05) is 59.6 Å². The van der Waals surface area contributed by atoms with Gasteiger partial charge in [0.2, 0.25) is 0 Å². The first-order chi connectivity index (χ1) is 17.0. The van der Waals surface area contributed by atoms with Gasteiger partial charge in [0, 0.05) is 36.8 Å². The molecule has 0 radical (unpaired) electrons. The van der Waals surface area contributed by atoms with E-state index in [1.807, 2.05) is 65.6 Å². The van der Waals surface area contributed by atoms with E-state index in [9.17, 15) is 4.79 Å². The smallest absolute Gasteiger partial charge is 0.272 e. The van der Waals surface area contributed by atoms with E-state index < -0.39 is 0 Å². The predicted molar refractivity (Wildman–Crippen MR) is 140 cm³/mol. The van der Waals surface area contributed by atoms with E-state index >= 15 is 0 Å². The van der Waals surface area contributed by atoms with Crippen molar-refractivity contribution in [2.24, 2.45) is 0 Å². The Morgan fingerprint density at radius 1 is 0.886 bits per heavy atom. The molecule has 1 amide bonds. The molecule has 2 heterocycles. The van der Waals surface area contributed by atoms with E-state index in [1.54, 1.807) is 30.0 Å². The summed E-state index contributed by atoms with van der Waals surface area (Å²) in [5, 5.41) is 5.90. The highest BCUT2D eigenvalue weighted by atomic mass is 35.5. The van der Waals surface area contributed by atoms with Gasteiger partial charge in [0.15, 0.2) is 0 Å². The van der Waals surface area contributed by atoms with Gasteiger partial charge in [0.1, 0.15) is 11.4 Å². The second-order valence-corrected chi connectivity index (χ2v) is 9.08. The van der Waals surface area contributed by atoms with Crippen molar-refractivity contribution in [1.29, 1.82) is 0 Å². The molecule has 1 fully saturated rings. The number of para-hydroxylation sites is 2. The second kappa shape index (κ2) is 10.0.